The number of hydrogen-bond acceptors (Lipinski definition) is 2. The minimum Gasteiger partial charge on any atom is -0.364 e. The third kappa shape index (κ3) is 2.04. The van der Waals surface area contributed by atoms with Crippen molar-refractivity contribution in [1.82, 2.24) is 0 Å². The van der Waals surface area contributed by atoms with Gasteiger partial charge in [-0.25, -0.2) is 0 Å². The molecule has 2 nitrogen and oxygen atoms in total. The normalized spacial score (nSPS) is 18.9. The van der Waals surface area contributed by atoms with Crippen molar-refractivity contribution in [3.63, 3.8) is 0 Å². The van der Waals surface area contributed by atoms with Crippen molar-refractivity contribution in [3.8, 4) is 0 Å². The molecule has 0 N–H and O–H groups in total. The van der Waals surface area contributed by atoms with Crippen molar-refractivity contribution < 1.29 is 4.74 Å². The Kier molecular flexibility index (Phi) is 3.65. The maximum Gasteiger partial charge on any atom is 0.147 e. The van der Waals surface area contributed by atoms with Gasteiger partial charge in [0.1, 0.15) is 5.60 Å². The van der Waals surface area contributed by atoms with Crippen LogP contribution in [0.4, 0.5) is 17.1 Å². The average molecular weight is 444 g/mol. The lowest BCUT2D eigenvalue weighted by atomic mass is 9.62. The number of rotatable bonds is 2. The Morgan fingerprint density at radius 3 is 1.29 bits per heavy atom. The van der Waals surface area contributed by atoms with Gasteiger partial charge in [-0.3, -0.25) is 0 Å². The van der Waals surface area contributed by atoms with E-state index in [1.807, 2.05) is 7.11 Å². The molecule has 0 saturated heterocycles. The Labute approximate surface area is 201 Å². The molecule has 4 aromatic rings. The molecule has 3 aliphatic heterocycles. The first-order valence-corrected chi connectivity index (χ1v) is 12.2. The molecular weight excluding hydrogens is 414 g/mol. The first kappa shape index (κ1) is 20.1. The topological polar surface area (TPSA) is 12.5 Å². The third-order valence-corrected chi connectivity index (χ3v) is 8.72. The van der Waals surface area contributed by atoms with Gasteiger partial charge in [0, 0.05) is 29.1 Å². The second-order valence-electron chi connectivity index (χ2n) is 10.9. The third-order valence-electron chi connectivity index (χ3n) is 8.72. The summed E-state index contributed by atoms with van der Waals surface area (Å²) in [5, 5.41) is 0. The van der Waals surface area contributed by atoms with Crippen molar-refractivity contribution in [1.29, 1.82) is 0 Å². The first-order chi connectivity index (χ1) is 16.3. The molecule has 0 amide bonds. The van der Waals surface area contributed by atoms with E-state index in [1.165, 1.54) is 56.0 Å². The van der Waals surface area contributed by atoms with Crippen LogP contribution in [-0.2, 0) is 21.2 Å². The van der Waals surface area contributed by atoms with Crippen LogP contribution in [0.15, 0.2) is 84.9 Å². The van der Waals surface area contributed by atoms with Crippen LogP contribution in [-0.4, -0.2) is 7.11 Å². The Morgan fingerprint density at radius 1 is 0.500 bits per heavy atom. The number of ether oxygens (including phenoxy) is 1. The van der Waals surface area contributed by atoms with E-state index in [0.29, 0.717) is 0 Å². The van der Waals surface area contributed by atoms with Crippen LogP contribution in [0.3, 0.4) is 0 Å². The summed E-state index contributed by atoms with van der Waals surface area (Å²) in [4.78, 5) is 2.57. The fourth-order valence-corrected chi connectivity index (χ4v) is 7.03. The van der Waals surface area contributed by atoms with Crippen molar-refractivity contribution in [2.45, 2.75) is 44.1 Å². The monoisotopic (exact) mass is 443 g/mol. The zero-order valence-electron chi connectivity index (χ0n) is 20.4. The highest BCUT2D eigenvalue weighted by Crippen LogP contribution is 2.66. The van der Waals surface area contributed by atoms with Gasteiger partial charge in [-0.1, -0.05) is 113 Å². The van der Waals surface area contributed by atoms with Gasteiger partial charge in [0.05, 0.1) is 17.1 Å². The molecule has 0 bridgehead atoms. The molecule has 2 heteroatoms. The fraction of sp³-hybridized carbons (Fsp3) is 0.250. The van der Waals surface area contributed by atoms with Crippen molar-refractivity contribution in [3.05, 3.63) is 124 Å². The van der Waals surface area contributed by atoms with E-state index >= 15 is 0 Å². The summed E-state index contributed by atoms with van der Waals surface area (Å²) >= 11 is 0. The largest absolute Gasteiger partial charge is 0.364 e. The molecule has 0 unspecified atom stereocenters. The van der Waals surface area contributed by atoms with Crippen LogP contribution >= 0.6 is 0 Å². The Morgan fingerprint density at radius 2 is 0.882 bits per heavy atom. The number of benzene rings is 4. The van der Waals surface area contributed by atoms with Gasteiger partial charge in [0.2, 0.25) is 0 Å². The van der Waals surface area contributed by atoms with Gasteiger partial charge in [-0.2, -0.15) is 0 Å². The Hall–Kier alpha value is -3.36. The van der Waals surface area contributed by atoms with E-state index < -0.39 is 5.60 Å². The number of hydrogen-bond donors (Lipinski definition) is 0. The van der Waals surface area contributed by atoms with Crippen LogP contribution in [0.5, 0.6) is 0 Å². The van der Waals surface area contributed by atoms with E-state index in [1.54, 1.807) is 0 Å². The van der Waals surface area contributed by atoms with Gasteiger partial charge in [-0.15, -0.1) is 0 Å². The van der Waals surface area contributed by atoms with Crippen LogP contribution in [0, 0.1) is 0 Å². The molecular formula is C32H29NO. The number of para-hydroxylation sites is 3. The first-order valence-electron chi connectivity index (χ1n) is 12.2. The SMILES string of the molecule is COC1(c2ccccc2)c2cccc3c2N2c4c(cccc4C(C)(C)c4cccc1c42)C3(C)C. The van der Waals surface area contributed by atoms with Gasteiger partial charge in [0.15, 0.2) is 0 Å². The van der Waals surface area contributed by atoms with E-state index in [-0.39, 0.29) is 10.8 Å². The quantitative estimate of drug-likeness (QED) is 0.315. The maximum atomic E-state index is 6.66. The summed E-state index contributed by atoms with van der Waals surface area (Å²) in [7, 11) is 1.86. The lowest BCUT2D eigenvalue weighted by Crippen LogP contribution is -2.46. The molecule has 34 heavy (non-hydrogen) atoms. The number of anilines is 3. The van der Waals surface area contributed by atoms with Crippen LogP contribution in [0.2, 0.25) is 0 Å². The fourth-order valence-electron chi connectivity index (χ4n) is 7.03. The van der Waals surface area contributed by atoms with Gasteiger partial charge < -0.3 is 9.64 Å². The smallest absolute Gasteiger partial charge is 0.147 e. The van der Waals surface area contributed by atoms with Crippen molar-refractivity contribution >= 4 is 17.1 Å². The summed E-state index contributed by atoms with van der Waals surface area (Å²) in [6, 6.07) is 31.2. The predicted molar refractivity (Wildman–Crippen MR) is 139 cm³/mol. The Balaban J connectivity index is 1.74. The van der Waals surface area contributed by atoms with E-state index in [0.717, 1.165) is 0 Å². The van der Waals surface area contributed by atoms with Gasteiger partial charge >= 0.3 is 0 Å². The van der Waals surface area contributed by atoms with Crippen LogP contribution in [0.25, 0.3) is 0 Å². The molecule has 0 radical (unpaired) electrons. The summed E-state index contributed by atoms with van der Waals surface area (Å²) in [6.45, 7) is 9.48. The molecule has 0 spiro atoms. The zero-order valence-corrected chi connectivity index (χ0v) is 20.4. The molecule has 3 aliphatic rings. The highest BCUT2D eigenvalue weighted by Gasteiger charge is 2.54. The van der Waals surface area contributed by atoms with Crippen LogP contribution < -0.4 is 4.90 Å². The van der Waals surface area contributed by atoms with E-state index in [9.17, 15) is 0 Å². The highest BCUT2D eigenvalue weighted by atomic mass is 16.5. The second kappa shape index (κ2) is 6.20. The molecule has 4 aromatic carbocycles. The number of methoxy groups -OCH3 is 1. The predicted octanol–water partition coefficient (Wildman–Crippen LogP) is 7.69. The standard InChI is InChI=1S/C32H29NO/c1-30(2)21-14-9-15-22-27(21)33-28-23(30)16-10-18-25(28)32(34-5,20-12-7-6-8-13-20)26-19-11-17-24(29(26)33)31(22,3)4/h6-19H,1-5H3. The highest BCUT2D eigenvalue weighted by molar-refractivity contribution is 5.98. The molecule has 7 rings (SSSR count). The van der Waals surface area contributed by atoms with E-state index in [2.05, 4.69) is 118 Å². The minimum absolute atomic E-state index is 0.122. The molecule has 3 heterocycles. The molecule has 0 saturated carbocycles. The van der Waals surface area contributed by atoms with Crippen molar-refractivity contribution in [2.24, 2.45) is 0 Å². The zero-order chi connectivity index (χ0) is 23.5. The molecule has 168 valence electrons. The maximum absolute atomic E-state index is 6.66. The lowest BCUT2D eigenvalue weighted by molar-refractivity contribution is 0.0578. The molecule has 0 fully saturated rings. The van der Waals surface area contributed by atoms with E-state index in [4.69, 9.17) is 4.74 Å². The summed E-state index contributed by atoms with van der Waals surface area (Å²) in [6.07, 6.45) is 0. The van der Waals surface area contributed by atoms with Gasteiger partial charge in [0.25, 0.3) is 0 Å². The molecule has 0 aromatic heterocycles. The summed E-state index contributed by atoms with van der Waals surface area (Å²) in [5.41, 5.74) is 12.1. The van der Waals surface area contributed by atoms with Gasteiger partial charge in [-0.05, 0) is 27.8 Å². The lowest BCUT2D eigenvalue weighted by Gasteiger charge is -2.55. The Bertz CT molecular complexity index is 1410. The van der Waals surface area contributed by atoms with Crippen LogP contribution in [0.1, 0.15) is 66.6 Å². The minimum atomic E-state index is -0.676. The van der Waals surface area contributed by atoms with Crippen molar-refractivity contribution in [2.75, 3.05) is 12.0 Å². The molecule has 0 atom stereocenters. The molecule has 0 aliphatic carbocycles. The summed E-state index contributed by atoms with van der Waals surface area (Å²) < 4.78 is 6.66. The summed E-state index contributed by atoms with van der Waals surface area (Å²) in [5.74, 6) is 0. The number of nitrogens with zero attached hydrogens (tertiary/aromatic N) is 1. The second-order valence-corrected chi connectivity index (χ2v) is 10.9. The average Bonchev–Trinajstić information content (AvgIpc) is 2.85.